The Morgan fingerprint density at radius 3 is 3.05 bits per heavy atom. The molecule has 0 saturated heterocycles. The number of hydrogen-bond acceptors (Lipinski definition) is 2. The van der Waals surface area contributed by atoms with E-state index in [-0.39, 0.29) is 0 Å². The molecular formula is C16H20IN3. The molecule has 0 N–H and O–H groups in total. The first kappa shape index (κ1) is 14.0. The fourth-order valence-electron chi connectivity index (χ4n) is 3.08. The van der Waals surface area contributed by atoms with Crippen molar-refractivity contribution in [2.45, 2.75) is 45.1 Å². The fraction of sp³-hybridized carbons (Fsp3) is 0.500. The molecular weight excluding hydrogens is 361 g/mol. The van der Waals surface area contributed by atoms with Crippen molar-refractivity contribution in [2.75, 3.05) is 0 Å². The second-order valence-corrected chi connectivity index (χ2v) is 6.90. The maximum Gasteiger partial charge on any atom is 0.181 e. The highest BCUT2D eigenvalue weighted by molar-refractivity contribution is 14.1. The number of benzene rings is 1. The lowest BCUT2D eigenvalue weighted by Gasteiger charge is -2.28. The van der Waals surface area contributed by atoms with Crippen LogP contribution < -0.4 is 0 Å². The van der Waals surface area contributed by atoms with Gasteiger partial charge in [0.25, 0.3) is 0 Å². The Balaban J connectivity index is 1.80. The van der Waals surface area contributed by atoms with E-state index in [1.165, 1.54) is 35.7 Å². The maximum absolute atomic E-state index is 4.72. The van der Waals surface area contributed by atoms with Crippen LogP contribution in [0.2, 0.25) is 0 Å². The summed E-state index contributed by atoms with van der Waals surface area (Å²) in [6, 6.07) is 8.91. The number of nitrogens with zero attached hydrogens (tertiary/aromatic N) is 3. The first-order valence-electron chi connectivity index (χ1n) is 7.43. The Morgan fingerprint density at radius 1 is 1.35 bits per heavy atom. The molecule has 3 rings (SSSR count). The van der Waals surface area contributed by atoms with Crippen LogP contribution in [-0.2, 0) is 0 Å². The van der Waals surface area contributed by atoms with Gasteiger partial charge in [-0.15, -0.1) is 0 Å². The van der Waals surface area contributed by atoms with Crippen LogP contribution in [0, 0.1) is 9.49 Å². The Bertz CT molecular complexity index is 579. The van der Waals surface area contributed by atoms with Gasteiger partial charge in [-0.2, -0.15) is 5.10 Å². The molecule has 0 aliphatic heterocycles. The van der Waals surface area contributed by atoms with Crippen molar-refractivity contribution < 1.29 is 0 Å². The fourth-order valence-corrected chi connectivity index (χ4v) is 3.63. The van der Waals surface area contributed by atoms with Crippen LogP contribution in [0.5, 0.6) is 0 Å². The van der Waals surface area contributed by atoms with Crippen molar-refractivity contribution in [3.05, 3.63) is 34.2 Å². The summed E-state index contributed by atoms with van der Waals surface area (Å²) in [5, 5.41) is 4.72. The van der Waals surface area contributed by atoms with E-state index in [0.717, 1.165) is 17.3 Å². The quantitative estimate of drug-likeness (QED) is 0.723. The number of rotatable bonds is 3. The molecule has 1 aliphatic carbocycles. The van der Waals surface area contributed by atoms with E-state index in [2.05, 4.69) is 63.4 Å². The van der Waals surface area contributed by atoms with Crippen LogP contribution in [0.1, 0.15) is 45.1 Å². The zero-order chi connectivity index (χ0) is 13.9. The van der Waals surface area contributed by atoms with Crippen LogP contribution in [0.25, 0.3) is 11.4 Å². The minimum absolute atomic E-state index is 0.540. The summed E-state index contributed by atoms with van der Waals surface area (Å²) < 4.78 is 3.32. The van der Waals surface area contributed by atoms with Gasteiger partial charge < -0.3 is 0 Å². The molecule has 1 aliphatic rings. The minimum atomic E-state index is 0.540. The van der Waals surface area contributed by atoms with Crippen LogP contribution >= 0.6 is 22.6 Å². The zero-order valence-electron chi connectivity index (χ0n) is 11.8. The maximum atomic E-state index is 4.72. The van der Waals surface area contributed by atoms with Crippen LogP contribution in [0.15, 0.2) is 30.6 Å². The van der Waals surface area contributed by atoms with E-state index < -0.39 is 0 Å². The first-order chi connectivity index (χ1) is 9.76. The third kappa shape index (κ3) is 3.05. The second kappa shape index (κ2) is 6.24. The van der Waals surface area contributed by atoms with E-state index in [1.807, 2.05) is 6.33 Å². The van der Waals surface area contributed by atoms with Gasteiger partial charge in [-0.1, -0.05) is 38.3 Å². The van der Waals surface area contributed by atoms with E-state index in [0.29, 0.717) is 6.04 Å². The van der Waals surface area contributed by atoms with Crippen molar-refractivity contribution >= 4 is 22.6 Å². The van der Waals surface area contributed by atoms with E-state index in [1.54, 1.807) is 0 Å². The molecule has 1 aromatic carbocycles. The van der Waals surface area contributed by atoms with Gasteiger partial charge >= 0.3 is 0 Å². The molecule has 1 fully saturated rings. The standard InChI is InChI=1S/C16H20IN3/c1-2-12-5-3-8-15(9-12)20-11-18-16(19-20)13-6-4-7-14(17)10-13/h4,6-7,10-12,15H,2-3,5,8-9H2,1H3. The summed E-state index contributed by atoms with van der Waals surface area (Å²) in [7, 11) is 0. The average Bonchev–Trinajstić information content (AvgIpc) is 2.97. The van der Waals surface area contributed by atoms with Gasteiger partial charge in [0.15, 0.2) is 5.82 Å². The Kier molecular flexibility index (Phi) is 4.38. The number of aromatic nitrogens is 3. The van der Waals surface area contributed by atoms with Crippen LogP contribution in [0.4, 0.5) is 0 Å². The highest BCUT2D eigenvalue weighted by atomic mass is 127. The molecule has 2 aromatic rings. The molecule has 106 valence electrons. The Hall–Kier alpha value is -0.910. The third-order valence-electron chi connectivity index (χ3n) is 4.30. The summed E-state index contributed by atoms with van der Waals surface area (Å²) in [5.41, 5.74) is 1.11. The highest BCUT2D eigenvalue weighted by Gasteiger charge is 2.23. The molecule has 2 unspecified atom stereocenters. The zero-order valence-corrected chi connectivity index (χ0v) is 14.0. The second-order valence-electron chi connectivity index (χ2n) is 5.65. The molecule has 4 heteroatoms. The van der Waals surface area contributed by atoms with Gasteiger partial charge in [0.05, 0.1) is 6.04 Å². The van der Waals surface area contributed by atoms with Gasteiger partial charge in [0, 0.05) is 9.13 Å². The van der Waals surface area contributed by atoms with Crippen molar-refractivity contribution in [3.63, 3.8) is 0 Å². The molecule has 1 aromatic heterocycles. The first-order valence-corrected chi connectivity index (χ1v) is 8.51. The molecule has 0 amide bonds. The summed E-state index contributed by atoms with van der Waals surface area (Å²) in [6.45, 7) is 2.30. The van der Waals surface area contributed by atoms with Crippen LogP contribution in [0.3, 0.4) is 0 Å². The Labute approximate surface area is 133 Å². The summed E-state index contributed by atoms with van der Waals surface area (Å²) in [5.74, 6) is 1.71. The molecule has 0 spiro atoms. The van der Waals surface area contributed by atoms with Gasteiger partial charge in [0.2, 0.25) is 0 Å². The summed E-state index contributed by atoms with van der Waals surface area (Å²) in [4.78, 5) is 4.50. The van der Waals surface area contributed by atoms with Crippen molar-refractivity contribution in [3.8, 4) is 11.4 Å². The topological polar surface area (TPSA) is 30.7 Å². The SMILES string of the molecule is CCC1CCCC(n2cnc(-c3cccc(I)c3)n2)C1. The van der Waals surface area contributed by atoms with Crippen LogP contribution in [-0.4, -0.2) is 14.8 Å². The lowest BCUT2D eigenvalue weighted by atomic mass is 9.84. The summed E-state index contributed by atoms with van der Waals surface area (Å²) in [6.07, 6.45) is 8.40. The number of halogens is 1. The predicted octanol–water partition coefficient (Wildman–Crippen LogP) is 4.69. The largest absolute Gasteiger partial charge is 0.249 e. The molecule has 0 bridgehead atoms. The minimum Gasteiger partial charge on any atom is -0.249 e. The molecule has 2 atom stereocenters. The molecule has 1 saturated carbocycles. The highest BCUT2D eigenvalue weighted by Crippen LogP contribution is 2.34. The van der Waals surface area contributed by atoms with Crippen molar-refractivity contribution in [2.24, 2.45) is 5.92 Å². The molecule has 20 heavy (non-hydrogen) atoms. The molecule has 1 heterocycles. The summed E-state index contributed by atoms with van der Waals surface area (Å²) >= 11 is 2.33. The van der Waals surface area contributed by atoms with E-state index >= 15 is 0 Å². The smallest absolute Gasteiger partial charge is 0.181 e. The lowest BCUT2D eigenvalue weighted by Crippen LogP contribution is -2.19. The van der Waals surface area contributed by atoms with Gasteiger partial charge in [-0.3, -0.25) is 0 Å². The van der Waals surface area contributed by atoms with Crippen molar-refractivity contribution in [1.82, 2.24) is 14.8 Å². The van der Waals surface area contributed by atoms with Crippen molar-refractivity contribution in [1.29, 1.82) is 0 Å². The lowest BCUT2D eigenvalue weighted by molar-refractivity contribution is 0.247. The van der Waals surface area contributed by atoms with Gasteiger partial charge in [-0.05, 0) is 53.5 Å². The Morgan fingerprint density at radius 2 is 2.25 bits per heavy atom. The van der Waals surface area contributed by atoms with Gasteiger partial charge in [0.1, 0.15) is 6.33 Å². The van der Waals surface area contributed by atoms with Gasteiger partial charge in [-0.25, -0.2) is 9.67 Å². The van der Waals surface area contributed by atoms with E-state index in [9.17, 15) is 0 Å². The van der Waals surface area contributed by atoms with E-state index in [4.69, 9.17) is 5.10 Å². The monoisotopic (exact) mass is 381 g/mol. The normalized spacial score (nSPS) is 22.9. The average molecular weight is 381 g/mol. The molecule has 0 radical (unpaired) electrons. The third-order valence-corrected chi connectivity index (χ3v) is 4.97. The predicted molar refractivity (Wildman–Crippen MR) is 89.5 cm³/mol. The molecule has 3 nitrogen and oxygen atoms in total. The number of hydrogen-bond donors (Lipinski definition) is 0.